The molecule has 0 spiro atoms. The molecule has 0 radical (unpaired) electrons. The molecular formula is C21H28N2O4. The van der Waals surface area contributed by atoms with E-state index >= 15 is 0 Å². The first-order valence-corrected chi connectivity index (χ1v) is 9.79. The van der Waals surface area contributed by atoms with Gasteiger partial charge in [0.1, 0.15) is 0 Å². The Morgan fingerprint density at radius 2 is 1.78 bits per heavy atom. The van der Waals surface area contributed by atoms with Crippen molar-refractivity contribution in [3.05, 3.63) is 40.8 Å². The van der Waals surface area contributed by atoms with Crippen LogP contribution in [0.4, 0.5) is 5.69 Å². The molecular weight excluding hydrogens is 344 g/mol. The Hall–Kier alpha value is -2.18. The molecule has 0 bridgehead atoms. The molecule has 1 amide bonds. The summed E-state index contributed by atoms with van der Waals surface area (Å²) in [6.07, 6.45) is 9.21. The number of anilines is 1. The molecule has 3 N–H and O–H groups in total. The molecule has 1 aliphatic carbocycles. The average molecular weight is 372 g/mol. The fourth-order valence-electron chi connectivity index (χ4n) is 3.95. The molecule has 6 nitrogen and oxygen atoms in total. The van der Waals surface area contributed by atoms with Gasteiger partial charge in [-0.05, 0) is 37.0 Å². The van der Waals surface area contributed by atoms with Gasteiger partial charge in [-0.1, -0.05) is 31.7 Å². The largest absolute Gasteiger partial charge is 0.394 e. The molecule has 0 saturated heterocycles. The summed E-state index contributed by atoms with van der Waals surface area (Å²) in [5, 5.41) is 22.8. The highest BCUT2D eigenvalue weighted by atomic mass is 16.3. The van der Waals surface area contributed by atoms with Crippen molar-refractivity contribution in [1.82, 2.24) is 4.57 Å². The van der Waals surface area contributed by atoms with E-state index < -0.39 is 6.04 Å². The van der Waals surface area contributed by atoms with Crippen LogP contribution in [-0.4, -0.2) is 33.9 Å². The van der Waals surface area contributed by atoms with Crippen molar-refractivity contribution in [1.29, 1.82) is 0 Å². The quantitative estimate of drug-likeness (QED) is 0.680. The van der Waals surface area contributed by atoms with Crippen molar-refractivity contribution < 1.29 is 15.0 Å². The third-order valence-electron chi connectivity index (χ3n) is 5.51. The van der Waals surface area contributed by atoms with E-state index in [1.165, 1.54) is 30.3 Å². The van der Waals surface area contributed by atoms with Crippen molar-refractivity contribution in [3.8, 4) is 0 Å². The highest BCUT2D eigenvalue weighted by molar-refractivity contribution is 6.01. The maximum Gasteiger partial charge on any atom is 0.258 e. The van der Waals surface area contributed by atoms with Crippen molar-refractivity contribution in [2.75, 3.05) is 18.5 Å². The number of hydrogen-bond acceptors (Lipinski definition) is 4. The van der Waals surface area contributed by atoms with Crippen LogP contribution in [0.3, 0.4) is 0 Å². The second kappa shape index (κ2) is 9.15. The van der Waals surface area contributed by atoms with E-state index in [9.17, 15) is 19.8 Å². The van der Waals surface area contributed by atoms with Crippen LogP contribution in [0.1, 0.15) is 51.0 Å². The van der Waals surface area contributed by atoms with Gasteiger partial charge in [0.25, 0.3) is 5.56 Å². The second-order valence-electron chi connectivity index (χ2n) is 7.42. The predicted octanol–water partition coefficient (Wildman–Crippen LogP) is 2.83. The van der Waals surface area contributed by atoms with Gasteiger partial charge >= 0.3 is 0 Å². The highest BCUT2D eigenvalue weighted by Crippen LogP contribution is 2.27. The Morgan fingerprint density at radius 3 is 2.44 bits per heavy atom. The third-order valence-corrected chi connectivity index (χ3v) is 5.51. The highest BCUT2D eigenvalue weighted by Gasteiger charge is 2.18. The lowest BCUT2D eigenvalue weighted by molar-refractivity contribution is -0.117. The van der Waals surface area contributed by atoms with Crippen LogP contribution in [0.2, 0.25) is 0 Å². The second-order valence-corrected chi connectivity index (χ2v) is 7.42. The van der Waals surface area contributed by atoms with Crippen LogP contribution in [-0.2, 0) is 4.79 Å². The zero-order valence-corrected chi connectivity index (χ0v) is 15.6. The van der Waals surface area contributed by atoms with E-state index in [-0.39, 0.29) is 24.7 Å². The number of aliphatic hydroxyl groups excluding tert-OH is 2. The lowest BCUT2D eigenvalue weighted by atomic mass is 9.96. The van der Waals surface area contributed by atoms with Crippen LogP contribution >= 0.6 is 0 Å². The van der Waals surface area contributed by atoms with Crippen LogP contribution in [0.25, 0.3) is 10.8 Å². The van der Waals surface area contributed by atoms with Crippen molar-refractivity contribution >= 4 is 22.4 Å². The standard InChI is InChI=1S/C21H28N2O4/c24-13-16(14-25)23-11-10-17-18(21(23)27)8-5-9-19(17)22-20(26)12-15-6-3-1-2-4-7-15/h5,8-11,15-16,24-25H,1-4,6-7,12-14H2,(H,22,26). The lowest BCUT2D eigenvalue weighted by Crippen LogP contribution is -2.29. The fraction of sp³-hybridized carbons (Fsp3) is 0.524. The molecule has 3 rings (SSSR count). The number of pyridine rings is 1. The Balaban J connectivity index is 1.81. The lowest BCUT2D eigenvalue weighted by Gasteiger charge is -2.17. The summed E-state index contributed by atoms with van der Waals surface area (Å²) < 4.78 is 1.33. The number of hydrogen-bond donors (Lipinski definition) is 3. The van der Waals surface area contributed by atoms with Gasteiger partial charge in [-0.15, -0.1) is 0 Å². The molecule has 0 unspecified atom stereocenters. The summed E-state index contributed by atoms with van der Waals surface area (Å²) in [4.78, 5) is 25.2. The summed E-state index contributed by atoms with van der Waals surface area (Å²) in [7, 11) is 0. The summed E-state index contributed by atoms with van der Waals surface area (Å²) in [6, 6.07) is 6.31. The average Bonchev–Trinajstić information content (AvgIpc) is 2.93. The van der Waals surface area contributed by atoms with E-state index in [1.54, 1.807) is 30.5 Å². The Morgan fingerprint density at radius 1 is 1.07 bits per heavy atom. The molecule has 1 aromatic carbocycles. The minimum Gasteiger partial charge on any atom is -0.394 e. The summed E-state index contributed by atoms with van der Waals surface area (Å²) >= 11 is 0. The molecule has 1 heterocycles. The first-order valence-electron chi connectivity index (χ1n) is 9.79. The number of benzene rings is 1. The summed E-state index contributed by atoms with van der Waals surface area (Å²) in [6.45, 7) is -0.639. The molecule has 1 fully saturated rings. The number of fused-ring (bicyclic) bond motifs is 1. The first-order chi connectivity index (χ1) is 13.1. The monoisotopic (exact) mass is 372 g/mol. The maximum absolute atomic E-state index is 12.7. The molecule has 1 aliphatic rings. The van der Waals surface area contributed by atoms with Crippen LogP contribution in [0, 0.1) is 5.92 Å². The third kappa shape index (κ3) is 4.57. The molecule has 27 heavy (non-hydrogen) atoms. The van der Waals surface area contributed by atoms with Crippen LogP contribution in [0.15, 0.2) is 35.3 Å². The van der Waals surface area contributed by atoms with Gasteiger partial charge in [-0.2, -0.15) is 0 Å². The Labute approximate surface area is 158 Å². The van der Waals surface area contributed by atoms with Gasteiger partial charge in [0.05, 0.1) is 19.3 Å². The van der Waals surface area contributed by atoms with Gasteiger partial charge in [0, 0.05) is 29.1 Å². The SMILES string of the molecule is O=C(CC1CCCCCC1)Nc1cccc2c(=O)n(C(CO)CO)ccc12. The topological polar surface area (TPSA) is 91.6 Å². The van der Waals surface area contributed by atoms with E-state index in [0.29, 0.717) is 28.8 Å². The number of aliphatic hydroxyl groups is 2. The van der Waals surface area contributed by atoms with E-state index in [2.05, 4.69) is 5.32 Å². The fourth-order valence-corrected chi connectivity index (χ4v) is 3.95. The van der Waals surface area contributed by atoms with Gasteiger partial charge in [-0.25, -0.2) is 0 Å². The molecule has 1 aromatic heterocycles. The van der Waals surface area contributed by atoms with E-state index in [1.807, 2.05) is 0 Å². The smallest absolute Gasteiger partial charge is 0.258 e. The number of carbonyl (C=O) groups is 1. The van der Waals surface area contributed by atoms with Gasteiger partial charge in [0.15, 0.2) is 0 Å². The Kier molecular flexibility index (Phi) is 6.63. The Bertz CT molecular complexity index is 834. The van der Waals surface area contributed by atoms with Gasteiger partial charge in [-0.3, -0.25) is 9.59 Å². The summed E-state index contributed by atoms with van der Waals surface area (Å²) in [5.74, 6) is 0.428. The molecule has 6 heteroatoms. The van der Waals surface area contributed by atoms with Crippen molar-refractivity contribution in [2.45, 2.75) is 51.0 Å². The van der Waals surface area contributed by atoms with Crippen molar-refractivity contribution in [3.63, 3.8) is 0 Å². The molecule has 0 atom stereocenters. The van der Waals surface area contributed by atoms with Crippen molar-refractivity contribution in [2.24, 2.45) is 5.92 Å². The molecule has 1 saturated carbocycles. The number of nitrogens with one attached hydrogen (secondary N) is 1. The predicted molar refractivity (Wildman–Crippen MR) is 106 cm³/mol. The zero-order valence-electron chi connectivity index (χ0n) is 15.6. The minimum absolute atomic E-state index is 0.0119. The maximum atomic E-state index is 12.7. The number of aromatic nitrogens is 1. The molecule has 2 aromatic rings. The number of carbonyl (C=O) groups excluding carboxylic acids is 1. The van der Waals surface area contributed by atoms with Gasteiger partial charge in [0.2, 0.25) is 5.91 Å². The molecule has 0 aliphatic heterocycles. The summed E-state index contributed by atoms with van der Waals surface area (Å²) in [5.41, 5.74) is 0.334. The number of nitrogens with zero attached hydrogens (tertiary/aromatic N) is 1. The number of rotatable bonds is 6. The van der Waals surface area contributed by atoms with E-state index in [0.717, 1.165) is 12.8 Å². The molecule has 146 valence electrons. The normalized spacial score (nSPS) is 15.8. The zero-order chi connectivity index (χ0) is 19.2. The minimum atomic E-state index is -0.671. The van der Waals surface area contributed by atoms with Gasteiger partial charge < -0.3 is 20.1 Å². The van der Waals surface area contributed by atoms with E-state index in [4.69, 9.17) is 0 Å². The first kappa shape index (κ1) is 19.6. The number of amides is 1. The van der Waals surface area contributed by atoms with Crippen LogP contribution < -0.4 is 10.9 Å². The van der Waals surface area contributed by atoms with Crippen LogP contribution in [0.5, 0.6) is 0 Å².